The first-order chi connectivity index (χ1) is 14.5. The van der Waals surface area contributed by atoms with Crippen LogP contribution in [0.5, 0.6) is 0 Å². The van der Waals surface area contributed by atoms with E-state index in [-0.39, 0.29) is 19.4 Å². The molecule has 7 nitrogen and oxygen atoms in total. The lowest BCUT2D eigenvalue weighted by molar-refractivity contribution is -0.153. The van der Waals surface area contributed by atoms with Crippen LogP contribution < -0.4 is 0 Å². The number of nitrogens with zero attached hydrogens (tertiary/aromatic N) is 1. The fraction of sp³-hybridized carbons (Fsp3) is 0.375. The Bertz CT molecular complexity index is 891. The molecule has 0 fully saturated rings. The first-order valence-electron chi connectivity index (χ1n) is 10.1. The van der Waals surface area contributed by atoms with E-state index in [9.17, 15) is 24.6 Å². The monoisotopic (exact) mass is 427 g/mol. The van der Waals surface area contributed by atoms with E-state index in [1.54, 1.807) is 75.4 Å². The van der Waals surface area contributed by atoms with Gasteiger partial charge >= 0.3 is 18.0 Å². The third-order valence-corrected chi connectivity index (χ3v) is 4.80. The van der Waals surface area contributed by atoms with Crippen LogP contribution in [-0.2, 0) is 27.3 Å². The Morgan fingerprint density at radius 3 is 1.84 bits per heavy atom. The lowest BCUT2D eigenvalue weighted by Crippen LogP contribution is -2.59. The number of aliphatic carboxylic acids is 2. The summed E-state index contributed by atoms with van der Waals surface area (Å²) < 4.78 is 5.55. The molecule has 1 unspecified atom stereocenters. The van der Waals surface area contributed by atoms with Crippen LogP contribution >= 0.6 is 0 Å². The van der Waals surface area contributed by atoms with Gasteiger partial charge in [0, 0.05) is 12.8 Å². The highest BCUT2D eigenvalue weighted by molar-refractivity contribution is 5.85. The van der Waals surface area contributed by atoms with Gasteiger partial charge in [0.15, 0.2) is 0 Å². The Balaban J connectivity index is 2.59. The molecule has 0 heterocycles. The third-order valence-electron chi connectivity index (χ3n) is 4.80. The number of carboxylic acid groups (broad SMARTS) is 2. The molecule has 2 rings (SSSR count). The van der Waals surface area contributed by atoms with Gasteiger partial charge in [0.25, 0.3) is 0 Å². The van der Waals surface area contributed by atoms with Crippen molar-refractivity contribution < 1.29 is 29.3 Å². The van der Waals surface area contributed by atoms with Gasteiger partial charge < -0.3 is 14.9 Å². The second-order valence-electron chi connectivity index (χ2n) is 8.44. The number of amides is 1. The van der Waals surface area contributed by atoms with Crippen molar-refractivity contribution in [3.8, 4) is 0 Å². The molecule has 1 atom stereocenters. The van der Waals surface area contributed by atoms with Gasteiger partial charge in [-0.2, -0.15) is 0 Å². The molecule has 0 aliphatic rings. The first-order valence-corrected chi connectivity index (χ1v) is 10.1. The number of hydrogen-bond acceptors (Lipinski definition) is 4. The van der Waals surface area contributed by atoms with Crippen LogP contribution in [0.4, 0.5) is 4.79 Å². The Hall–Kier alpha value is -3.35. The topological polar surface area (TPSA) is 104 Å². The zero-order valence-corrected chi connectivity index (χ0v) is 18.1. The molecule has 0 spiro atoms. The number of hydrogen-bond donors (Lipinski definition) is 2. The Morgan fingerprint density at radius 1 is 0.871 bits per heavy atom. The van der Waals surface area contributed by atoms with Crippen molar-refractivity contribution >= 4 is 18.0 Å². The second kappa shape index (κ2) is 10.1. The van der Waals surface area contributed by atoms with E-state index in [1.807, 2.05) is 6.07 Å². The minimum absolute atomic E-state index is 0.0332. The van der Waals surface area contributed by atoms with E-state index >= 15 is 0 Å². The number of ether oxygens (including phenoxy) is 1. The van der Waals surface area contributed by atoms with Crippen LogP contribution in [-0.4, -0.2) is 44.3 Å². The van der Waals surface area contributed by atoms with E-state index < -0.39 is 35.6 Å². The predicted octanol–water partition coefficient (Wildman–Crippen LogP) is 4.35. The Morgan fingerprint density at radius 2 is 1.39 bits per heavy atom. The quantitative estimate of drug-likeness (QED) is 0.616. The van der Waals surface area contributed by atoms with Gasteiger partial charge in [-0.3, -0.25) is 9.69 Å². The summed E-state index contributed by atoms with van der Waals surface area (Å²) in [6.07, 6.45) is -1.53. The molecule has 0 aromatic heterocycles. The molecule has 0 radical (unpaired) electrons. The first kappa shape index (κ1) is 23.9. The summed E-state index contributed by atoms with van der Waals surface area (Å²) in [4.78, 5) is 38.5. The Kier molecular flexibility index (Phi) is 7.80. The van der Waals surface area contributed by atoms with Crippen LogP contribution in [0, 0.1) is 0 Å². The van der Waals surface area contributed by atoms with E-state index in [0.29, 0.717) is 11.1 Å². The molecular formula is C24H29NO6. The van der Waals surface area contributed by atoms with Crippen LogP contribution in [0.2, 0.25) is 0 Å². The third kappa shape index (κ3) is 6.84. The molecule has 0 saturated heterocycles. The highest BCUT2D eigenvalue weighted by atomic mass is 16.6. The largest absolute Gasteiger partial charge is 0.481 e. The minimum atomic E-state index is -1.81. The SMILES string of the molecule is CC(C)(C)OC(=O)N(Cc1ccccc1)C(CCC(=O)O)(Cc1ccccc1)C(=O)O. The molecule has 7 heteroatoms. The summed E-state index contributed by atoms with van der Waals surface area (Å²) >= 11 is 0. The fourth-order valence-corrected chi connectivity index (χ4v) is 3.34. The molecule has 2 aromatic carbocycles. The number of carbonyl (C=O) groups is 3. The van der Waals surface area contributed by atoms with Gasteiger partial charge in [-0.25, -0.2) is 9.59 Å². The molecule has 1 amide bonds. The molecule has 0 aliphatic heterocycles. The lowest BCUT2D eigenvalue weighted by Gasteiger charge is -2.41. The average Bonchev–Trinajstić information content (AvgIpc) is 2.69. The summed E-state index contributed by atoms with van der Waals surface area (Å²) in [6, 6.07) is 17.8. The normalized spacial score (nSPS) is 13.1. The molecule has 2 N–H and O–H groups in total. The van der Waals surface area contributed by atoms with Gasteiger partial charge in [0.2, 0.25) is 0 Å². The zero-order valence-electron chi connectivity index (χ0n) is 18.1. The van der Waals surface area contributed by atoms with E-state index in [4.69, 9.17) is 4.74 Å². The minimum Gasteiger partial charge on any atom is -0.481 e. The van der Waals surface area contributed by atoms with E-state index in [2.05, 4.69) is 0 Å². The van der Waals surface area contributed by atoms with Gasteiger partial charge in [-0.15, -0.1) is 0 Å². The maximum atomic E-state index is 13.2. The van der Waals surface area contributed by atoms with Gasteiger partial charge in [-0.05, 0) is 38.3 Å². The summed E-state index contributed by atoms with van der Waals surface area (Å²) in [5.74, 6) is -2.41. The average molecular weight is 427 g/mol. The van der Waals surface area contributed by atoms with Gasteiger partial charge in [0.1, 0.15) is 11.1 Å². The summed E-state index contributed by atoms with van der Waals surface area (Å²) in [6.45, 7) is 5.06. The molecule has 0 saturated carbocycles. The maximum absolute atomic E-state index is 13.2. The van der Waals surface area contributed by atoms with Crippen molar-refractivity contribution in [1.29, 1.82) is 0 Å². The van der Waals surface area contributed by atoms with Crippen LogP contribution in [0.15, 0.2) is 60.7 Å². The van der Waals surface area contributed by atoms with Crippen LogP contribution in [0.3, 0.4) is 0 Å². The van der Waals surface area contributed by atoms with Gasteiger partial charge in [-0.1, -0.05) is 60.7 Å². The number of rotatable bonds is 9. The van der Waals surface area contributed by atoms with E-state index in [1.165, 1.54) is 0 Å². The standard InChI is InChI=1S/C24H29NO6/c1-23(2,3)31-22(30)25(17-19-12-8-5-9-13-19)24(21(28)29,15-14-20(26)27)16-18-10-6-4-7-11-18/h4-13H,14-17H2,1-3H3,(H,26,27)(H,28,29). The number of carbonyl (C=O) groups excluding carboxylic acids is 1. The molecule has 2 aromatic rings. The number of benzene rings is 2. The van der Waals surface area contributed by atoms with Crippen molar-refractivity contribution in [3.05, 3.63) is 71.8 Å². The summed E-state index contributed by atoms with van der Waals surface area (Å²) in [5.41, 5.74) is -1.27. The van der Waals surface area contributed by atoms with Crippen molar-refractivity contribution in [1.82, 2.24) is 4.90 Å². The highest BCUT2D eigenvalue weighted by Gasteiger charge is 2.48. The second-order valence-corrected chi connectivity index (χ2v) is 8.44. The van der Waals surface area contributed by atoms with Crippen LogP contribution in [0.1, 0.15) is 44.7 Å². The van der Waals surface area contributed by atoms with Crippen molar-refractivity contribution in [3.63, 3.8) is 0 Å². The predicted molar refractivity (Wildman–Crippen MR) is 116 cm³/mol. The molecule has 166 valence electrons. The fourth-order valence-electron chi connectivity index (χ4n) is 3.34. The molecule has 31 heavy (non-hydrogen) atoms. The van der Waals surface area contributed by atoms with Crippen molar-refractivity contribution in [2.24, 2.45) is 0 Å². The highest BCUT2D eigenvalue weighted by Crippen LogP contribution is 2.31. The summed E-state index contributed by atoms with van der Waals surface area (Å²) in [7, 11) is 0. The van der Waals surface area contributed by atoms with Gasteiger partial charge in [0.05, 0.1) is 6.54 Å². The van der Waals surface area contributed by atoms with E-state index in [0.717, 1.165) is 4.90 Å². The van der Waals surface area contributed by atoms with Crippen LogP contribution in [0.25, 0.3) is 0 Å². The molecule has 0 aliphatic carbocycles. The summed E-state index contributed by atoms with van der Waals surface area (Å²) in [5, 5.41) is 19.6. The zero-order chi connectivity index (χ0) is 23.1. The molecular weight excluding hydrogens is 398 g/mol. The Labute approximate surface area is 182 Å². The smallest absolute Gasteiger partial charge is 0.411 e. The lowest BCUT2D eigenvalue weighted by atomic mass is 9.84. The van der Waals surface area contributed by atoms with Crippen molar-refractivity contribution in [2.45, 2.75) is 57.7 Å². The molecule has 0 bridgehead atoms. The maximum Gasteiger partial charge on any atom is 0.411 e. The number of carboxylic acids is 2. The van der Waals surface area contributed by atoms with Crippen molar-refractivity contribution in [2.75, 3.05) is 0 Å².